The molecule has 0 atom stereocenters. The fraction of sp³-hybridized carbons (Fsp3) is 0.739. The van der Waals surface area contributed by atoms with E-state index in [1.807, 2.05) is 0 Å². The summed E-state index contributed by atoms with van der Waals surface area (Å²) in [6.45, 7) is 2.31. The molecule has 0 aliphatic heterocycles. The summed E-state index contributed by atoms with van der Waals surface area (Å²) in [6.07, 6.45) is 15.6. The molecule has 0 amide bonds. The van der Waals surface area contributed by atoms with Crippen LogP contribution in [0.1, 0.15) is 83.1 Å². The van der Waals surface area contributed by atoms with Gasteiger partial charge in [0.2, 0.25) is 0 Å². The van der Waals surface area contributed by atoms with Gasteiger partial charge in [0.15, 0.2) is 0 Å². The molecule has 3 heteroatoms. The summed E-state index contributed by atoms with van der Waals surface area (Å²) in [7, 11) is 0. The molecule has 3 rings (SSSR count). The van der Waals surface area contributed by atoms with Crippen LogP contribution in [0.4, 0.5) is 8.78 Å². The van der Waals surface area contributed by atoms with Gasteiger partial charge >= 0.3 is 0 Å². The Morgan fingerprint density at radius 3 is 1.73 bits per heavy atom. The van der Waals surface area contributed by atoms with Crippen LogP contribution >= 0.6 is 11.6 Å². The zero-order chi connectivity index (χ0) is 18.5. The van der Waals surface area contributed by atoms with Crippen LogP contribution in [0.15, 0.2) is 12.1 Å². The summed E-state index contributed by atoms with van der Waals surface area (Å²) in [4.78, 5) is 0. The maximum atomic E-state index is 13.6. The van der Waals surface area contributed by atoms with Gasteiger partial charge < -0.3 is 0 Å². The van der Waals surface area contributed by atoms with E-state index in [1.54, 1.807) is 0 Å². The van der Waals surface area contributed by atoms with Crippen LogP contribution < -0.4 is 0 Å². The number of rotatable bonds is 6. The highest BCUT2D eigenvalue weighted by atomic mass is 35.5. The molecule has 0 heterocycles. The molecule has 0 aromatic heterocycles. The molecule has 2 aliphatic rings. The fourth-order valence-electron chi connectivity index (χ4n) is 5.43. The first kappa shape index (κ1) is 20.1. The van der Waals surface area contributed by atoms with Crippen molar-refractivity contribution in [3.63, 3.8) is 0 Å². The van der Waals surface area contributed by atoms with Gasteiger partial charge in [0, 0.05) is 0 Å². The number of aryl methyl sites for hydroxylation is 1. The molecule has 0 unspecified atom stereocenters. The van der Waals surface area contributed by atoms with Crippen LogP contribution in [0.2, 0.25) is 5.02 Å². The van der Waals surface area contributed by atoms with Gasteiger partial charge in [0.05, 0.1) is 0 Å². The van der Waals surface area contributed by atoms with Crippen molar-refractivity contribution in [1.82, 2.24) is 0 Å². The zero-order valence-corrected chi connectivity index (χ0v) is 16.8. The summed E-state index contributed by atoms with van der Waals surface area (Å²) in [6, 6.07) is 2.79. The van der Waals surface area contributed by atoms with Gasteiger partial charge in [-0.15, -0.1) is 0 Å². The topological polar surface area (TPSA) is 0 Å². The van der Waals surface area contributed by atoms with Gasteiger partial charge in [-0.05, 0) is 79.9 Å². The van der Waals surface area contributed by atoms with Gasteiger partial charge in [-0.25, -0.2) is 8.78 Å². The normalized spacial score (nSPS) is 29.7. The second-order valence-electron chi connectivity index (χ2n) is 8.76. The zero-order valence-electron chi connectivity index (χ0n) is 16.1. The number of hydrogen-bond acceptors (Lipinski definition) is 0. The highest BCUT2D eigenvalue weighted by Crippen LogP contribution is 2.43. The van der Waals surface area contributed by atoms with E-state index in [4.69, 9.17) is 11.6 Å². The molecule has 0 N–H and O–H groups in total. The van der Waals surface area contributed by atoms with Crippen molar-refractivity contribution in [1.29, 1.82) is 0 Å². The lowest BCUT2D eigenvalue weighted by Gasteiger charge is -2.38. The Morgan fingerprint density at radius 1 is 0.808 bits per heavy atom. The summed E-state index contributed by atoms with van der Waals surface area (Å²) in [5, 5.41) is -0.386. The molecule has 26 heavy (non-hydrogen) atoms. The quantitative estimate of drug-likeness (QED) is 0.437. The Bertz CT molecular complexity index is 547. The lowest BCUT2D eigenvalue weighted by molar-refractivity contribution is 0.141. The van der Waals surface area contributed by atoms with Crippen LogP contribution in [-0.2, 0) is 6.42 Å². The van der Waals surface area contributed by atoms with Crippen molar-refractivity contribution in [3.05, 3.63) is 34.4 Å². The number of benzene rings is 1. The lowest BCUT2D eigenvalue weighted by atomic mass is 9.68. The highest BCUT2D eigenvalue weighted by molar-refractivity contribution is 6.30. The van der Waals surface area contributed by atoms with E-state index in [0.29, 0.717) is 5.92 Å². The smallest absolute Gasteiger partial charge is 0.145 e. The molecule has 0 saturated heterocycles. The minimum Gasteiger partial charge on any atom is -0.205 e. The first-order valence-corrected chi connectivity index (χ1v) is 11.1. The van der Waals surface area contributed by atoms with E-state index >= 15 is 0 Å². The molecule has 0 bridgehead atoms. The minimum absolute atomic E-state index is 0.386. The van der Waals surface area contributed by atoms with E-state index in [9.17, 15) is 8.78 Å². The summed E-state index contributed by atoms with van der Waals surface area (Å²) in [5.41, 5.74) is 0.737. The molecule has 1 aromatic rings. The average Bonchev–Trinajstić information content (AvgIpc) is 2.66. The largest absolute Gasteiger partial charge is 0.205 e. The van der Waals surface area contributed by atoms with Crippen LogP contribution in [0, 0.1) is 35.3 Å². The third kappa shape index (κ3) is 5.21. The molecule has 0 nitrogen and oxygen atoms in total. The first-order chi connectivity index (χ1) is 12.6. The summed E-state index contributed by atoms with van der Waals surface area (Å²) >= 11 is 5.56. The summed E-state index contributed by atoms with van der Waals surface area (Å²) < 4.78 is 27.1. The SMILES string of the molecule is CCCC1CCC(C2CCC(CCc3cc(F)c(Cl)c(F)c3)CC2)CC1. The molecule has 0 radical (unpaired) electrons. The number of halogens is 3. The maximum Gasteiger partial charge on any atom is 0.145 e. The molecule has 1 aromatic carbocycles. The van der Waals surface area contributed by atoms with E-state index < -0.39 is 11.6 Å². The highest BCUT2D eigenvalue weighted by Gasteiger charge is 2.30. The Balaban J connectivity index is 1.40. The van der Waals surface area contributed by atoms with E-state index in [0.717, 1.165) is 36.2 Å². The van der Waals surface area contributed by atoms with Gasteiger partial charge in [0.25, 0.3) is 0 Å². The fourth-order valence-corrected chi connectivity index (χ4v) is 5.54. The molecular formula is C23H33ClF2. The average molecular weight is 383 g/mol. The Morgan fingerprint density at radius 2 is 1.27 bits per heavy atom. The van der Waals surface area contributed by atoms with E-state index in [-0.39, 0.29) is 5.02 Å². The van der Waals surface area contributed by atoms with Crippen molar-refractivity contribution in [2.24, 2.45) is 23.7 Å². The van der Waals surface area contributed by atoms with Crippen LogP contribution in [0.3, 0.4) is 0 Å². The van der Waals surface area contributed by atoms with Crippen LogP contribution in [0.25, 0.3) is 0 Å². The summed E-state index contributed by atoms with van der Waals surface area (Å²) in [5.74, 6) is 2.33. The third-order valence-electron chi connectivity index (χ3n) is 7.03. The second-order valence-corrected chi connectivity index (χ2v) is 9.14. The van der Waals surface area contributed by atoms with Gasteiger partial charge in [-0.2, -0.15) is 0 Å². The van der Waals surface area contributed by atoms with Crippen molar-refractivity contribution in [2.45, 2.75) is 84.0 Å². The maximum absolute atomic E-state index is 13.6. The Labute approximate surface area is 162 Å². The van der Waals surface area contributed by atoms with Crippen LogP contribution in [-0.4, -0.2) is 0 Å². The lowest BCUT2D eigenvalue weighted by Crippen LogP contribution is -2.26. The van der Waals surface area contributed by atoms with Crippen molar-refractivity contribution in [3.8, 4) is 0 Å². The van der Waals surface area contributed by atoms with Crippen molar-refractivity contribution >= 4 is 11.6 Å². The van der Waals surface area contributed by atoms with Gasteiger partial charge in [-0.1, -0.05) is 57.0 Å². The first-order valence-electron chi connectivity index (χ1n) is 10.7. The monoisotopic (exact) mass is 382 g/mol. The third-order valence-corrected chi connectivity index (χ3v) is 7.39. The molecule has 2 saturated carbocycles. The molecule has 2 aliphatic carbocycles. The molecule has 146 valence electrons. The standard InChI is InChI=1S/C23H33ClF2/c1-2-3-16-6-10-19(11-7-16)20-12-8-17(9-13-20)4-5-18-14-21(25)23(24)22(26)15-18/h14-17,19-20H,2-13H2,1H3. The molecule has 2 fully saturated rings. The van der Waals surface area contributed by atoms with E-state index in [2.05, 4.69) is 6.92 Å². The van der Waals surface area contributed by atoms with E-state index in [1.165, 1.54) is 76.3 Å². The Kier molecular flexibility index (Phi) is 7.37. The molecule has 0 spiro atoms. The van der Waals surface area contributed by atoms with Crippen molar-refractivity contribution in [2.75, 3.05) is 0 Å². The van der Waals surface area contributed by atoms with Crippen LogP contribution in [0.5, 0.6) is 0 Å². The Hall–Kier alpha value is -0.630. The van der Waals surface area contributed by atoms with Gasteiger partial charge in [0.1, 0.15) is 16.7 Å². The second kappa shape index (κ2) is 9.53. The van der Waals surface area contributed by atoms with Gasteiger partial charge in [-0.3, -0.25) is 0 Å². The van der Waals surface area contributed by atoms with Crippen molar-refractivity contribution < 1.29 is 8.78 Å². The predicted octanol–water partition coefficient (Wildman–Crippen LogP) is 7.96. The predicted molar refractivity (Wildman–Crippen MR) is 105 cm³/mol. The minimum atomic E-state index is -0.635. The molecular weight excluding hydrogens is 350 g/mol. The number of hydrogen-bond donors (Lipinski definition) is 0.